The van der Waals surface area contributed by atoms with E-state index >= 15 is 0 Å². The van der Waals surface area contributed by atoms with Crippen molar-refractivity contribution in [1.82, 2.24) is 10.6 Å². The number of nitrogens with one attached hydrogen (secondary N) is 2. The van der Waals surface area contributed by atoms with Crippen molar-refractivity contribution in [2.75, 3.05) is 7.05 Å². The van der Waals surface area contributed by atoms with E-state index in [0.717, 1.165) is 12.8 Å². The predicted molar refractivity (Wildman–Crippen MR) is 64.5 cm³/mol. The van der Waals surface area contributed by atoms with Crippen LogP contribution in [0.25, 0.3) is 0 Å². The van der Waals surface area contributed by atoms with E-state index in [9.17, 15) is 4.79 Å². The Bertz CT molecular complexity index is 236. The minimum atomic E-state index is -0.423. The zero-order valence-corrected chi connectivity index (χ0v) is 10.8. The normalized spacial score (nSPS) is 26.2. The summed E-state index contributed by atoms with van der Waals surface area (Å²) in [7, 11) is 1.94. The fourth-order valence-electron chi connectivity index (χ4n) is 2.11. The van der Waals surface area contributed by atoms with Crippen LogP contribution in [0, 0.1) is 0 Å². The summed E-state index contributed by atoms with van der Waals surface area (Å²) in [5, 5.41) is 6.20. The van der Waals surface area contributed by atoms with Crippen molar-refractivity contribution >= 4 is 6.09 Å². The fourth-order valence-corrected chi connectivity index (χ4v) is 2.11. The average molecular weight is 228 g/mol. The number of alkyl carbamates (subject to hydrolysis) is 1. The minimum absolute atomic E-state index is 0.202. The molecule has 0 spiro atoms. The van der Waals surface area contributed by atoms with Gasteiger partial charge in [0.1, 0.15) is 5.60 Å². The van der Waals surface area contributed by atoms with Crippen molar-refractivity contribution in [3.63, 3.8) is 0 Å². The second-order valence-electron chi connectivity index (χ2n) is 5.43. The molecule has 1 aliphatic rings. The van der Waals surface area contributed by atoms with Gasteiger partial charge in [0.2, 0.25) is 0 Å². The van der Waals surface area contributed by atoms with Crippen LogP contribution >= 0.6 is 0 Å². The monoisotopic (exact) mass is 228 g/mol. The Morgan fingerprint density at radius 1 is 1.19 bits per heavy atom. The summed E-state index contributed by atoms with van der Waals surface area (Å²) in [4.78, 5) is 11.6. The molecule has 0 aromatic heterocycles. The Labute approximate surface area is 98.1 Å². The molecule has 0 radical (unpaired) electrons. The number of hydrogen-bond acceptors (Lipinski definition) is 3. The number of carbonyl (C=O) groups is 1. The lowest BCUT2D eigenvalue weighted by atomic mass is 9.90. The highest BCUT2D eigenvalue weighted by Gasteiger charge is 2.26. The van der Waals surface area contributed by atoms with Gasteiger partial charge in [-0.15, -0.1) is 0 Å². The summed E-state index contributed by atoms with van der Waals surface area (Å²) < 4.78 is 5.26. The van der Waals surface area contributed by atoms with Crippen molar-refractivity contribution in [1.29, 1.82) is 0 Å². The number of likely N-dealkylation sites (N-methyl/N-ethyl adjacent to an activating group) is 1. The largest absolute Gasteiger partial charge is 0.444 e. The topological polar surface area (TPSA) is 50.4 Å². The van der Waals surface area contributed by atoms with E-state index in [-0.39, 0.29) is 12.1 Å². The van der Waals surface area contributed by atoms with Gasteiger partial charge in [-0.2, -0.15) is 0 Å². The van der Waals surface area contributed by atoms with Crippen LogP contribution in [-0.4, -0.2) is 30.8 Å². The Balaban J connectivity index is 2.42. The number of rotatable bonds is 2. The highest BCUT2D eigenvalue weighted by atomic mass is 16.6. The molecular formula is C12H24N2O2. The van der Waals surface area contributed by atoms with Crippen molar-refractivity contribution in [2.24, 2.45) is 0 Å². The van der Waals surface area contributed by atoms with Gasteiger partial charge in [-0.25, -0.2) is 4.79 Å². The molecular weight excluding hydrogens is 204 g/mol. The summed E-state index contributed by atoms with van der Waals surface area (Å²) in [6.07, 6.45) is 4.26. The molecule has 1 saturated carbocycles. The van der Waals surface area contributed by atoms with Gasteiger partial charge in [0.15, 0.2) is 0 Å². The maximum absolute atomic E-state index is 11.6. The molecule has 94 valence electrons. The van der Waals surface area contributed by atoms with Crippen molar-refractivity contribution in [3.8, 4) is 0 Å². The quantitative estimate of drug-likeness (QED) is 0.760. The van der Waals surface area contributed by atoms with Crippen LogP contribution in [0.3, 0.4) is 0 Å². The summed E-state index contributed by atoms with van der Waals surface area (Å²) in [5.74, 6) is 0. The second kappa shape index (κ2) is 5.53. The third kappa shape index (κ3) is 4.39. The molecule has 0 heterocycles. The number of ether oxygens (including phenoxy) is 1. The molecule has 1 amide bonds. The lowest BCUT2D eigenvalue weighted by molar-refractivity contribution is 0.0481. The van der Waals surface area contributed by atoms with Crippen LogP contribution in [0.1, 0.15) is 46.5 Å². The molecule has 0 aromatic carbocycles. The first-order valence-corrected chi connectivity index (χ1v) is 6.09. The third-order valence-corrected chi connectivity index (χ3v) is 2.84. The molecule has 2 atom stereocenters. The molecule has 1 rings (SSSR count). The number of carbonyl (C=O) groups excluding carboxylic acids is 1. The molecule has 4 heteroatoms. The maximum Gasteiger partial charge on any atom is 0.407 e. The molecule has 4 nitrogen and oxygen atoms in total. The van der Waals surface area contributed by atoms with Gasteiger partial charge in [0.25, 0.3) is 0 Å². The lowest BCUT2D eigenvalue weighted by Crippen LogP contribution is -2.51. The number of amides is 1. The first-order chi connectivity index (χ1) is 7.42. The summed E-state index contributed by atoms with van der Waals surface area (Å²) >= 11 is 0. The molecule has 0 aliphatic heterocycles. The van der Waals surface area contributed by atoms with Crippen LogP contribution in [0.2, 0.25) is 0 Å². The highest BCUT2D eigenvalue weighted by Crippen LogP contribution is 2.18. The smallest absolute Gasteiger partial charge is 0.407 e. The Morgan fingerprint density at radius 2 is 1.75 bits per heavy atom. The van der Waals surface area contributed by atoms with E-state index in [2.05, 4.69) is 10.6 Å². The minimum Gasteiger partial charge on any atom is -0.444 e. The maximum atomic E-state index is 11.6. The summed E-state index contributed by atoms with van der Waals surface area (Å²) in [5.41, 5.74) is -0.423. The van der Waals surface area contributed by atoms with Crippen LogP contribution in [-0.2, 0) is 4.74 Å². The molecule has 0 aromatic rings. The molecule has 2 N–H and O–H groups in total. The molecule has 16 heavy (non-hydrogen) atoms. The number of hydrogen-bond donors (Lipinski definition) is 2. The Morgan fingerprint density at radius 3 is 2.25 bits per heavy atom. The van der Waals surface area contributed by atoms with Gasteiger partial charge in [0.05, 0.1) is 0 Å². The van der Waals surface area contributed by atoms with Crippen molar-refractivity contribution in [3.05, 3.63) is 0 Å². The van der Waals surface area contributed by atoms with E-state index < -0.39 is 5.60 Å². The average Bonchev–Trinajstić information content (AvgIpc) is 2.15. The zero-order chi connectivity index (χ0) is 12.2. The molecule has 0 saturated heterocycles. The summed E-state index contributed by atoms with van der Waals surface area (Å²) in [6.45, 7) is 5.63. The second-order valence-corrected chi connectivity index (χ2v) is 5.43. The highest BCUT2D eigenvalue weighted by molar-refractivity contribution is 5.68. The molecule has 0 bridgehead atoms. The van der Waals surface area contributed by atoms with Gasteiger partial charge >= 0.3 is 6.09 Å². The van der Waals surface area contributed by atoms with E-state index in [4.69, 9.17) is 4.74 Å². The van der Waals surface area contributed by atoms with Crippen LogP contribution < -0.4 is 10.6 Å². The van der Waals surface area contributed by atoms with Crippen LogP contribution in [0.4, 0.5) is 4.79 Å². The first kappa shape index (κ1) is 13.3. The van der Waals surface area contributed by atoms with Gasteiger partial charge in [-0.05, 0) is 40.7 Å². The Kier molecular flexibility index (Phi) is 4.59. The van der Waals surface area contributed by atoms with E-state index in [1.807, 2.05) is 27.8 Å². The lowest BCUT2D eigenvalue weighted by Gasteiger charge is -2.32. The third-order valence-electron chi connectivity index (χ3n) is 2.84. The zero-order valence-electron chi connectivity index (χ0n) is 10.8. The van der Waals surface area contributed by atoms with Gasteiger partial charge in [-0.3, -0.25) is 0 Å². The van der Waals surface area contributed by atoms with Gasteiger partial charge in [-0.1, -0.05) is 12.8 Å². The standard InChI is InChI=1S/C12H24N2O2/c1-12(2,3)16-11(15)14-10-8-6-5-7-9(10)13-4/h9-10,13H,5-8H2,1-4H3,(H,14,15). The van der Waals surface area contributed by atoms with Crippen LogP contribution in [0.5, 0.6) is 0 Å². The van der Waals surface area contributed by atoms with Crippen LogP contribution in [0.15, 0.2) is 0 Å². The van der Waals surface area contributed by atoms with Crippen molar-refractivity contribution < 1.29 is 9.53 Å². The van der Waals surface area contributed by atoms with E-state index in [0.29, 0.717) is 6.04 Å². The SMILES string of the molecule is CNC1CCCCC1NC(=O)OC(C)(C)C. The molecule has 1 fully saturated rings. The summed E-state index contributed by atoms with van der Waals surface area (Å²) in [6, 6.07) is 0.579. The predicted octanol–water partition coefficient (Wildman–Crippen LogP) is 2.04. The first-order valence-electron chi connectivity index (χ1n) is 6.09. The van der Waals surface area contributed by atoms with E-state index in [1.54, 1.807) is 0 Å². The fraction of sp³-hybridized carbons (Fsp3) is 0.917. The van der Waals surface area contributed by atoms with Gasteiger partial charge < -0.3 is 15.4 Å². The molecule has 1 aliphatic carbocycles. The Hall–Kier alpha value is -0.770. The molecule has 2 unspecified atom stereocenters. The van der Waals surface area contributed by atoms with E-state index in [1.165, 1.54) is 12.8 Å². The van der Waals surface area contributed by atoms with Crippen molar-refractivity contribution in [2.45, 2.75) is 64.1 Å². The van der Waals surface area contributed by atoms with Gasteiger partial charge in [0, 0.05) is 12.1 Å².